The summed E-state index contributed by atoms with van der Waals surface area (Å²) in [4.78, 5) is 40.7. The Labute approximate surface area is 223 Å². The second-order valence-electron chi connectivity index (χ2n) is 9.08. The first-order chi connectivity index (χ1) is 16.6. The number of carbonyl (C=O) groups excluding carboxylic acids is 3. The summed E-state index contributed by atoms with van der Waals surface area (Å²) in [5.74, 6) is -0.397. The highest BCUT2D eigenvalue weighted by molar-refractivity contribution is 8.76. The molecule has 3 amide bonds. The van der Waals surface area contributed by atoms with Gasteiger partial charge in [0.2, 0.25) is 11.7 Å². The van der Waals surface area contributed by atoms with Crippen molar-refractivity contribution < 1.29 is 19.1 Å². The van der Waals surface area contributed by atoms with Gasteiger partial charge < -0.3 is 19.9 Å². The van der Waals surface area contributed by atoms with Crippen molar-refractivity contribution in [2.45, 2.75) is 71.7 Å². The molecule has 0 aliphatic heterocycles. The Bertz CT molecular complexity index is 962. The van der Waals surface area contributed by atoms with E-state index >= 15 is 0 Å². The topological polar surface area (TPSA) is 114 Å². The van der Waals surface area contributed by atoms with Crippen LogP contribution in [0.4, 0.5) is 10.6 Å². The lowest BCUT2D eigenvalue weighted by molar-refractivity contribution is -0.120. The van der Waals surface area contributed by atoms with Crippen molar-refractivity contribution in [1.82, 2.24) is 20.2 Å². The third-order valence-electron chi connectivity index (χ3n) is 4.03. The number of hydrogen-bond donors (Lipinski definition) is 3. The Hall–Kier alpha value is -2.66. The van der Waals surface area contributed by atoms with Gasteiger partial charge >= 0.3 is 6.09 Å². The number of amides is 3. The van der Waals surface area contributed by atoms with E-state index in [1.807, 2.05) is 20.1 Å². The van der Waals surface area contributed by atoms with E-state index in [1.165, 1.54) is 16.8 Å². The molecule has 0 aromatic carbocycles. The second-order valence-corrected chi connectivity index (χ2v) is 12.2. The molecule has 1 heterocycles. The van der Waals surface area contributed by atoms with Crippen LogP contribution < -0.4 is 16.0 Å². The van der Waals surface area contributed by atoms with Crippen LogP contribution in [0, 0.1) is 0 Å². The molecule has 0 saturated heterocycles. The molecule has 1 aromatic rings. The number of aromatic nitrogens is 2. The molecule has 36 heavy (non-hydrogen) atoms. The highest BCUT2D eigenvalue weighted by atomic mass is 33.1. The van der Waals surface area contributed by atoms with Crippen LogP contribution >= 0.6 is 21.6 Å². The highest BCUT2D eigenvalue weighted by Gasteiger charge is 2.20. The largest absolute Gasteiger partial charge is 0.444 e. The van der Waals surface area contributed by atoms with Gasteiger partial charge in [-0.15, -0.1) is 0 Å². The number of anilines is 1. The SMILES string of the molecule is C=C(/C=C\C(=C)NC(=O)c1nc(NC(=O)OC(C)(C)C)cn1C)NC(=O)CCC(C)(C)SSC.CC. The molecule has 0 unspecified atom stereocenters. The Morgan fingerprint density at radius 1 is 1.08 bits per heavy atom. The van der Waals surface area contributed by atoms with Crippen LogP contribution in [-0.4, -0.2) is 44.1 Å². The number of nitrogens with zero attached hydrogens (tertiary/aromatic N) is 2. The highest BCUT2D eigenvalue weighted by Crippen LogP contribution is 2.36. The summed E-state index contributed by atoms with van der Waals surface area (Å²) in [7, 11) is 5.03. The quantitative estimate of drug-likeness (QED) is 0.241. The van der Waals surface area contributed by atoms with Crippen molar-refractivity contribution in [1.29, 1.82) is 0 Å². The van der Waals surface area contributed by atoms with E-state index in [0.29, 0.717) is 12.1 Å². The summed E-state index contributed by atoms with van der Waals surface area (Å²) >= 11 is 0. The number of aryl methyl sites for hydroxylation is 1. The van der Waals surface area contributed by atoms with Crippen LogP contribution in [0.2, 0.25) is 0 Å². The number of allylic oxidation sites excluding steroid dienone is 2. The third-order valence-corrected chi connectivity index (χ3v) is 6.71. The fourth-order valence-electron chi connectivity index (χ4n) is 2.56. The molecule has 11 heteroatoms. The van der Waals surface area contributed by atoms with Gasteiger partial charge in [0.1, 0.15) is 5.60 Å². The first kappa shape index (κ1) is 33.3. The number of ether oxygens (including phenoxy) is 1. The van der Waals surface area contributed by atoms with Crippen LogP contribution in [0.25, 0.3) is 0 Å². The van der Waals surface area contributed by atoms with Crippen LogP contribution in [0.5, 0.6) is 0 Å². The third kappa shape index (κ3) is 14.0. The first-order valence-corrected chi connectivity index (χ1v) is 14.1. The summed E-state index contributed by atoms with van der Waals surface area (Å²) in [6.07, 6.45) is 7.03. The van der Waals surface area contributed by atoms with Gasteiger partial charge in [-0.05, 0) is 59.4 Å². The Kier molecular flexibility index (Phi) is 14.3. The number of hydrogen-bond acceptors (Lipinski definition) is 7. The summed E-state index contributed by atoms with van der Waals surface area (Å²) < 4.78 is 6.64. The molecule has 0 aliphatic rings. The van der Waals surface area contributed by atoms with Crippen molar-refractivity contribution in [3.8, 4) is 0 Å². The Morgan fingerprint density at radius 2 is 1.64 bits per heavy atom. The van der Waals surface area contributed by atoms with Crippen molar-refractivity contribution in [2.24, 2.45) is 7.05 Å². The molecule has 202 valence electrons. The molecule has 0 saturated carbocycles. The fraction of sp³-hybridized carbons (Fsp3) is 0.520. The molecule has 0 fully saturated rings. The lowest BCUT2D eigenvalue weighted by Gasteiger charge is -2.21. The molecular formula is C25H41N5O4S2. The summed E-state index contributed by atoms with van der Waals surface area (Å²) in [6, 6.07) is 0. The van der Waals surface area contributed by atoms with E-state index in [-0.39, 0.29) is 28.0 Å². The lowest BCUT2D eigenvalue weighted by atomic mass is 10.1. The average Bonchev–Trinajstić information content (AvgIpc) is 3.11. The fourth-order valence-corrected chi connectivity index (χ4v) is 4.80. The normalized spacial score (nSPS) is 11.2. The van der Waals surface area contributed by atoms with Gasteiger partial charge in [-0.1, -0.05) is 48.6 Å². The maximum Gasteiger partial charge on any atom is 0.413 e. The lowest BCUT2D eigenvalue weighted by Crippen LogP contribution is -2.27. The van der Waals surface area contributed by atoms with Crippen molar-refractivity contribution in [2.75, 3.05) is 11.6 Å². The molecule has 0 radical (unpaired) electrons. The molecule has 0 aliphatic carbocycles. The number of imidazole rings is 1. The van der Waals surface area contributed by atoms with Gasteiger partial charge in [0, 0.05) is 35.8 Å². The van der Waals surface area contributed by atoms with E-state index in [0.717, 1.165) is 6.42 Å². The summed E-state index contributed by atoms with van der Waals surface area (Å²) in [6.45, 7) is 21.0. The van der Waals surface area contributed by atoms with Crippen LogP contribution in [0.15, 0.2) is 42.9 Å². The maximum absolute atomic E-state index is 12.5. The van der Waals surface area contributed by atoms with Crippen molar-refractivity contribution in [3.63, 3.8) is 0 Å². The van der Waals surface area contributed by atoms with Crippen LogP contribution in [0.1, 0.15) is 71.9 Å². The molecule has 1 aromatic heterocycles. The minimum atomic E-state index is -0.669. The van der Waals surface area contributed by atoms with Crippen LogP contribution in [-0.2, 0) is 16.6 Å². The van der Waals surface area contributed by atoms with E-state index < -0.39 is 17.6 Å². The number of rotatable bonds is 11. The van der Waals surface area contributed by atoms with Gasteiger partial charge in [0.25, 0.3) is 5.91 Å². The molecule has 0 bridgehead atoms. The summed E-state index contributed by atoms with van der Waals surface area (Å²) in [5.41, 5.74) is 0.00959. The minimum Gasteiger partial charge on any atom is -0.444 e. The van der Waals surface area contributed by atoms with Gasteiger partial charge in [-0.2, -0.15) is 0 Å². The summed E-state index contributed by atoms with van der Waals surface area (Å²) in [5, 5.41) is 7.82. The molecular weight excluding hydrogens is 498 g/mol. The predicted molar refractivity (Wildman–Crippen MR) is 152 cm³/mol. The van der Waals surface area contributed by atoms with E-state index in [9.17, 15) is 14.4 Å². The Balaban J connectivity index is 0.00000596. The standard InChI is InChI=1S/C23H35N5O4S2.C2H6/c1-15(24-18(29)12-13-23(6,7)34-33-9)10-11-16(2)25-20(30)19-26-17(14-28(19)8)27-21(31)32-22(3,4)5;1-2/h10-11,14H,1-2,12-13H2,3-9H3,(H,24,29)(H,25,30)(H,27,31);1-2H3/b11-10-;. The zero-order chi connectivity index (χ0) is 28.1. The minimum absolute atomic E-state index is 0.000237. The van der Waals surface area contributed by atoms with E-state index in [1.54, 1.807) is 55.5 Å². The predicted octanol–water partition coefficient (Wildman–Crippen LogP) is 5.79. The molecule has 3 N–H and O–H groups in total. The van der Waals surface area contributed by atoms with Crippen LogP contribution in [0.3, 0.4) is 0 Å². The van der Waals surface area contributed by atoms with Gasteiger partial charge in [0.05, 0.1) is 0 Å². The zero-order valence-corrected chi connectivity index (χ0v) is 24.5. The van der Waals surface area contributed by atoms with Crippen molar-refractivity contribution >= 4 is 45.3 Å². The molecule has 9 nitrogen and oxygen atoms in total. The van der Waals surface area contributed by atoms with Crippen molar-refractivity contribution in [3.05, 3.63) is 48.7 Å². The maximum atomic E-state index is 12.5. The van der Waals surface area contributed by atoms with Gasteiger partial charge in [0.15, 0.2) is 5.82 Å². The average molecular weight is 540 g/mol. The van der Waals surface area contributed by atoms with E-state index in [2.05, 4.69) is 47.9 Å². The Morgan fingerprint density at radius 3 is 2.17 bits per heavy atom. The monoisotopic (exact) mass is 539 g/mol. The number of carbonyl (C=O) groups is 3. The molecule has 0 atom stereocenters. The second kappa shape index (κ2) is 15.5. The molecule has 0 spiro atoms. The van der Waals surface area contributed by atoms with Gasteiger partial charge in [-0.3, -0.25) is 14.9 Å². The number of nitrogens with one attached hydrogen (secondary N) is 3. The first-order valence-electron chi connectivity index (χ1n) is 11.5. The smallest absolute Gasteiger partial charge is 0.413 e. The molecule has 1 rings (SSSR count). The van der Waals surface area contributed by atoms with Gasteiger partial charge in [-0.25, -0.2) is 9.78 Å². The zero-order valence-electron chi connectivity index (χ0n) is 22.9. The van der Waals surface area contributed by atoms with E-state index in [4.69, 9.17) is 4.74 Å².